The third-order valence-electron chi connectivity index (χ3n) is 5.19. The van der Waals surface area contributed by atoms with Crippen LogP contribution in [0, 0.1) is 5.92 Å². The van der Waals surface area contributed by atoms with Crippen LogP contribution in [0.4, 0.5) is 5.69 Å². The number of piperazine rings is 1. The summed E-state index contributed by atoms with van der Waals surface area (Å²) in [7, 11) is 0. The van der Waals surface area contributed by atoms with Crippen LogP contribution in [0.5, 0.6) is 0 Å². The number of carbonyl (C=O) groups excluding carboxylic acids is 2. The van der Waals surface area contributed by atoms with Crippen LogP contribution in [-0.2, 0) is 9.59 Å². The Bertz CT molecular complexity index is 584. The van der Waals surface area contributed by atoms with E-state index < -0.39 is 0 Å². The smallest absolute Gasteiger partial charge is 0.225 e. The van der Waals surface area contributed by atoms with E-state index in [1.54, 1.807) is 4.90 Å². The van der Waals surface area contributed by atoms with Crippen molar-refractivity contribution in [3.63, 3.8) is 0 Å². The summed E-state index contributed by atoms with van der Waals surface area (Å²) < 4.78 is 0. The molecule has 2 fully saturated rings. The molecule has 6 nitrogen and oxygen atoms in total. The van der Waals surface area contributed by atoms with Crippen molar-refractivity contribution in [3.05, 3.63) is 30.3 Å². The van der Waals surface area contributed by atoms with Gasteiger partial charge in [0.2, 0.25) is 11.8 Å². The number of hydrogen-bond donors (Lipinski definition) is 1. The summed E-state index contributed by atoms with van der Waals surface area (Å²) in [5, 5.41) is 3.01. The molecule has 2 aliphatic heterocycles. The lowest BCUT2D eigenvalue weighted by Gasteiger charge is -2.36. The van der Waals surface area contributed by atoms with Crippen LogP contribution in [0.2, 0.25) is 0 Å². The van der Waals surface area contributed by atoms with Gasteiger partial charge in [-0.1, -0.05) is 18.2 Å². The Hall–Kier alpha value is -2.08. The van der Waals surface area contributed by atoms with Gasteiger partial charge in [-0.25, -0.2) is 0 Å². The highest BCUT2D eigenvalue weighted by molar-refractivity contribution is 5.89. The van der Waals surface area contributed by atoms with Crippen LogP contribution in [-0.4, -0.2) is 74.0 Å². The zero-order valence-electron chi connectivity index (χ0n) is 15.0. The molecule has 0 radical (unpaired) electrons. The predicted octanol–water partition coefficient (Wildman–Crippen LogP) is 0.793. The third-order valence-corrected chi connectivity index (χ3v) is 5.19. The maximum Gasteiger partial charge on any atom is 0.225 e. The van der Waals surface area contributed by atoms with Crippen molar-refractivity contribution in [1.82, 2.24) is 15.1 Å². The summed E-state index contributed by atoms with van der Waals surface area (Å²) in [4.78, 5) is 30.5. The highest BCUT2D eigenvalue weighted by Gasteiger charge is 2.33. The van der Waals surface area contributed by atoms with Crippen LogP contribution >= 0.6 is 0 Å². The minimum Gasteiger partial charge on any atom is -0.369 e. The average Bonchev–Trinajstić information content (AvgIpc) is 3.04. The van der Waals surface area contributed by atoms with Crippen LogP contribution < -0.4 is 10.2 Å². The quantitative estimate of drug-likeness (QED) is 0.829. The highest BCUT2D eigenvalue weighted by atomic mass is 16.2. The van der Waals surface area contributed by atoms with E-state index >= 15 is 0 Å². The number of hydrogen-bond acceptors (Lipinski definition) is 4. The lowest BCUT2D eigenvalue weighted by molar-refractivity contribution is -0.128. The molecule has 2 saturated heterocycles. The standard InChI is InChI=1S/C19H28N4O2/c1-2-22-15-16(14-18(22)24)19(25)20-8-9-21-10-12-23(13-11-21)17-6-4-3-5-7-17/h3-7,16H,2,8-15H2,1H3,(H,20,25)/t16-/m1/s1. The molecular formula is C19H28N4O2. The van der Waals surface area contributed by atoms with Crippen molar-refractivity contribution in [2.24, 2.45) is 5.92 Å². The molecule has 0 saturated carbocycles. The van der Waals surface area contributed by atoms with E-state index in [0.29, 0.717) is 26.1 Å². The fourth-order valence-corrected chi connectivity index (χ4v) is 3.60. The van der Waals surface area contributed by atoms with Crippen molar-refractivity contribution < 1.29 is 9.59 Å². The summed E-state index contributed by atoms with van der Waals surface area (Å²) in [5.41, 5.74) is 1.28. The van der Waals surface area contributed by atoms with Gasteiger partial charge in [-0.15, -0.1) is 0 Å². The number of amides is 2. The van der Waals surface area contributed by atoms with Gasteiger partial charge >= 0.3 is 0 Å². The molecule has 25 heavy (non-hydrogen) atoms. The molecule has 0 spiro atoms. The summed E-state index contributed by atoms with van der Waals surface area (Å²) in [6.07, 6.45) is 0.357. The number of benzene rings is 1. The Morgan fingerprint density at radius 1 is 1.16 bits per heavy atom. The Kier molecular flexibility index (Phi) is 5.91. The van der Waals surface area contributed by atoms with Crippen molar-refractivity contribution >= 4 is 17.5 Å². The Balaban J connectivity index is 1.35. The molecule has 6 heteroatoms. The topological polar surface area (TPSA) is 55.9 Å². The van der Waals surface area contributed by atoms with E-state index in [1.165, 1.54) is 5.69 Å². The number of likely N-dealkylation sites (tertiary alicyclic amines) is 1. The maximum atomic E-state index is 12.2. The van der Waals surface area contributed by atoms with Crippen molar-refractivity contribution in [2.75, 3.05) is 57.3 Å². The lowest BCUT2D eigenvalue weighted by Crippen LogP contribution is -2.48. The minimum absolute atomic E-state index is 0.0206. The van der Waals surface area contributed by atoms with E-state index in [4.69, 9.17) is 0 Å². The van der Waals surface area contributed by atoms with E-state index in [0.717, 1.165) is 32.7 Å². The van der Waals surface area contributed by atoms with Crippen LogP contribution in [0.3, 0.4) is 0 Å². The van der Waals surface area contributed by atoms with E-state index in [-0.39, 0.29) is 17.7 Å². The second-order valence-electron chi connectivity index (χ2n) is 6.79. The van der Waals surface area contributed by atoms with Gasteiger partial charge in [-0.2, -0.15) is 0 Å². The van der Waals surface area contributed by atoms with E-state index in [2.05, 4.69) is 39.4 Å². The second-order valence-corrected chi connectivity index (χ2v) is 6.79. The molecule has 0 unspecified atom stereocenters. The minimum atomic E-state index is -0.178. The number of para-hydroxylation sites is 1. The Labute approximate surface area is 149 Å². The number of nitrogens with one attached hydrogen (secondary N) is 1. The number of nitrogens with zero attached hydrogens (tertiary/aromatic N) is 3. The zero-order chi connectivity index (χ0) is 17.6. The van der Waals surface area contributed by atoms with Gasteiger partial charge in [0.05, 0.1) is 5.92 Å². The molecule has 1 aromatic rings. The molecule has 2 amide bonds. The summed E-state index contributed by atoms with van der Waals surface area (Å²) >= 11 is 0. The van der Waals surface area contributed by atoms with E-state index in [9.17, 15) is 9.59 Å². The van der Waals surface area contributed by atoms with Crippen LogP contribution in [0.1, 0.15) is 13.3 Å². The lowest BCUT2D eigenvalue weighted by atomic mass is 10.1. The van der Waals surface area contributed by atoms with Gasteiger partial charge in [0.25, 0.3) is 0 Å². The second kappa shape index (κ2) is 8.34. The molecule has 2 heterocycles. The monoisotopic (exact) mass is 344 g/mol. The normalized spacial score (nSPS) is 21.6. The molecule has 1 atom stereocenters. The first-order valence-electron chi connectivity index (χ1n) is 9.25. The number of carbonyl (C=O) groups is 2. The largest absolute Gasteiger partial charge is 0.369 e. The van der Waals surface area contributed by atoms with E-state index in [1.807, 2.05) is 13.0 Å². The third kappa shape index (κ3) is 4.51. The van der Waals surface area contributed by atoms with Gasteiger partial charge in [0.1, 0.15) is 0 Å². The van der Waals surface area contributed by atoms with Crippen molar-refractivity contribution in [2.45, 2.75) is 13.3 Å². The molecule has 2 aliphatic rings. The SMILES string of the molecule is CCN1C[C@H](C(=O)NCCN2CCN(c3ccccc3)CC2)CC1=O. The summed E-state index contributed by atoms with van der Waals surface area (Å²) in [6.45, 7) is 8.78. The zero-order valence-corrected chi connectivity index (χ0v) is 15.0. The highest BCUT2D eigenvalue weighted by Crippen LogP contribution is 2.17. The molecule has 1 N–H and O–H groups in total. The molecule has 0 aromatic heterocycles. The Morgan fingerprint density at radius 3 is 2.52 bits per heavy atom. The first kappa shape index (κ1) is 17.7. The van der Waals surface area contributed by atoms with Gasteiger partial charge in [-0.3, -0.25) is 14.5 Å². The fraction of sp³-hybridized carbons (Fsp3) is 0.579. The van der Waals surface area contributed by atoms with Gasteiger partial charge in [0, 0.05) is 64.5 Å². The van der Waals surface area contributed by atoms with Gasteiger partial charge in [-0.05, 0) is 19.1 Å². The number of rotatable bonds is 6. The average molecular weight is 344 g/mol. The summed E-state index contributed by atoms with van der Waals surface area (Å²) in [5.74, 6) is -0.0608. The van der Waals surface area contributed by atoms with Crippen molar-refractivity contribution in [1.29, 1.82) is 0 Å². The summed E-state index contributed by atoms with van der Waals surface area (Å²) in [6, 6.07) is 10.5. The first-order chi connectivity index (χ1) is 12.2. The fourth-order valence-electron chi connectivity index (χ4n) is 3.60. The molecule has 1 aromatic carbocycles. The van der Waals surface area contributed by atoms with Crippen LogP contribution in [0.25, 0.3) is 0 Å². The molecule has 0 bridgehead atoms. The van der Waals surface area contributed by atoms with Gasteiger partial charge < -0.3 is 15.1 Å². The predicted molar refractivity (Wildman–Crippen MR) is 98.5 cm³/mol. The molecular weight excluding hydrogens is 316 g/mol. The van der Waals surface area contributed by atoms with Crippen LogP contribution in [0.15, 0.2) is 30.3 Å². The molecule has 136 valence electrons. The first-order valence-corrected chi connectivity index (χ1v) is 9.25. The molecule has 0 aliphatic carbocycles. The number of anilines is 1. The Morgan fingerprint density at radius 2 is 1.88 bits per heavy atom. The molecule has 3 rings (SSSR count). The van der Waals surface area contributed by atoms with Gasteiger partial charge in [0.15, 0.2) is 0 Å². The maximum absolute atomic E-state index is 12.2. The van der Waals surface area contributed by atoms with Crippen molar-refractivity contribution in [3.8, 4) is 0 Å².